The maximum Gasteiger partial charge on any atom is 0.256 e. The summed E-state index contributed by atoms with van der Waals surface area (Å²) >= 11 is 14.2. The summed E-state index contributed by atoms with van der Waals surface area (Å²) in [5.74, 6) is 1.22. The normalized spacial score (nSPS) is 16.3. The van der Waals surface area contributed by atoms with E-state index in [9.17, 15) is 52.7 Å². The molecule has 6 aromatic heterocycles. The van der Waals surface area contributed by atoms with Gasteiger partial charge in [0.25, 0.3) is 17.7 Å². The summed E-state index contributed by atoms with van der Waals surface area (Å²) < 4.78 is 28.7. The summed E-state index contributed by atoms with van der Waals surface area (Å²) in [6.45, 7) is 40.3. The number of Topliss-reactive ketones (excluding diaryl/α,β-unsaturated/α-hetero) is 3. The summed E-state index contributed by atoms with van der Waals surface area (Å²) in [4.78, 5) is 160. The third-order valence-corrected chi connectivity index (χ3v) is 27.7. The number of carbonyl (C=O) groups is 11. The maximum atomic E-state index is 13.7. The summed E-state index contributed by atoms with van der Waals surface area (Å²) in [6, 6.07) is 31.3. The molecule has 28 nitrogen and oxygen atoms in total. The van der Waals surface area contributed by atoms with E-state index < -0.39 is 0 Å². The summed E-state index contributed by atoms with van der Waals surface area (Å²) in [5, 5.41) is 6.55. The molecular weight excluding hydrogens is 1950 g/mol. The Kier molecular flexibility index (Phi) is 31.6. The van der Waals surface area contributed by atoms with E-state index in [1.54, 1.807) is 32.0 Å². The molecule has 0 spiro atoms. The lowest BCUT2D eigenvalue weighted by molar-refractivity contribution is -0.134. The van der Waals surface area contributed by atoms with Gasteiger partial charge < -0.3 is 72.1 Å². The van der Waals surface area contributed by atoms with E-state index >= 15 is 0 Å². The molecule has 0 saturated carbocycles. The number of ether oxygens (including phenoxy) is 3. The molecule has 698 valence electrons. The van der Waals surface area contributed by atoms with Gasteiger partial charge >= 0.3 is 0 Å². The fourth-order valence-corrected chi connectivity index (χ4v) is 20.2. The number of aromatic nitrogens is 6. The van der Waals surface area contributed by atoms with Gasteiger partial charge in [0.1, 0.15) is 6.54 Å². The first-order chi connectivity index (χ1) is 63.7. The quantitative estimate of drug-likeness (QED) is 0.0493. The smallest absolute Gasteiger partial charge is 0.256 e. The second-order valence-corrected chi connectivity index (χ2v) is 39.3. The third-order valence-electron chi connectivity index (χ3n) is 25.8. The summed E-state index contributed by atoms with van der Waals surface area (Å²) in [7, 11) is 0. The molecule has 32 heteroatoms. The van der Waals surface area contributed by atoms with Gasteiger partial charge in [-0.05, 0) is 168 Å². The minimum absolute atomic E-state index is 0.00404. The molecule has 0 bridgehead atoms. The molecule has 4 aromatic carbocycles. The predicted octanol–water partition coefficient (Wildman–Crippen LogP) is 14.6. The average Bonchev–Trinajstić information content (AvgIpc) is 1.61. The number of fused-ring (bicyclic) bond motifs is 5. The number of likely N-dealkylation sites (tertiary alicyclic amines) is 4. The SMILES string of the molecule is C=CC(=O)N1CC(CC(=O)Cn2c(C)c(-c3cccnc3OC(C)C)c3cc(Br)ccc32)C1.C=CC(=O)N1CC(CC(=O)Cn2c(C)c(C(=O)N3CCOC(C(C)C)C3)c3cc(Br)ccc32)C1.C=CC(=O)N1CC(CC(=O)Cn2c(C)c(C(=O)N3CCOCC3)c3cc(Br)ccc32)C1.C=CC(=O)N1CC(NC(=O)Cn2c(C)c(C(=O)N3CCc4ncccc4C3)c3cc(Br)ccc32)C1. The average molecular weight is 2070 g/mol. The van der Waals surface area contributed by atoms with Gasteiger partial charge in [-0.15, -0.1) is 0 Å². The molecule has 1 unspecified atom stereocenters. The van der Waals surface area contributed by atoms with Gasteiger partial charge in [0, 0.05) is 249 Å². The Balaban J connectivity index is 0.000000143. The number of nitrogens with one attached hydrogen (secondary N) is 1. The van der Waals surface area contributed by atoms with E-state index in [1.165, 1.54) is 24.3 Å². The van der Waals surface area contributed by atoms with Crippen LogP contribution in [0.2, 0.25) is 0 Å². The predicted molar refractivity (Wildman–Crippen MR) is 525 cm³/mol. The maximum absolute atomic E-state index is 13.7. The molecule has 133 heavy (non-hydrogen) atoms. The Labute approximate surface area is 807 Å². The number of ketones is 3. The molecule has 7 aliphatic rings. The number of amides is 8. The van der Waals surface area contributed by atoms with Crippen LogP contribution in [0.5, 0.6) is 5.88 Å². The first-order valence-electron chi connectivity index (χ1n) is 45.0. The van der Waals surface area contributed by atoms with Gasteiger partial charge in [-0.3, -0.25) is 57.7 Å². The monoisotopic (exact) mass is 2060 g/mol. The Morgan fingerprint density at radius 2 is 0.842 bits per heavy atom. The van der Waals surface area contributed by atoms with Crippen molar-refractivity contribution < 1.29 is 67.0 Å². The lowest BCUT2D eigenvalue weighted by atomic mass is 9.94. The molecule has 17 rings (SSSR count). The zero-order valence-corrected chi connectivity index (χ0v) is 82.6. The van der Waals surface area contributed by atoms with E-state index in [4.69, 9.17) is 14.2 Å². The molecule has 13 heterocycles. The first-order valence-corrected chi connectivity index (χ1v) is 48.1. The number of hydrogen-bond donors (Lipinski definition) is 1. The van der Waals surface area contributed by atoms with E-state index in [-0.39, 0.29) is 127 Å². The van der Waals surface area contributed by atoms with Crippen LogP contribution in [-0.4, -0.2) is 250 Å². The molecular formula is C101H112Br4N14O14. The van der Waals surface area contributed by atoms with Crippen LogP contribution in [-0.2, 0) is 87.0 Å². The van der Waals surface area contributed by atoms with Gasteiger partial charge in [0.05, 0.1) is 74.4 Å². The molecule has 1 atom stereocenters. The highest BCUT2D eigenvalue weighted by molar-refractivity contribution is 9.11. The van der Waals surface area contributed by atoms with Crippen molar-refractivity contribution in [2.45, 2.75) is 132 Å². The minimum Gasteiger partial charge on any atom is -0.475 e. The van der Waals surface area contributed by atoms with Crippen molar-refractivity contribution in [1.82, 2.24) is 67.9 Å². The molecule has 6 saturated heterocycles. The minimum atomic E-state index is -0.152. The van der Waals surface area contributed by atoms with Crippen LogP contribution < -0.4 is 10.1 Å². The number of benzene rings is 4. The molecule has 0 aliphatic carbocycles. The fraction of sp³-hybridized carbons (Fsp3) is 0.396. The van der Waals surface area contributed by atoms with Crippen molar-refractivity contribution in [2.75, 3.05) is 105 Å². The van der Waals surface area contributed by atoms with E-state index in [2.05, 4.69) is 130 Å². The Hall–Kier alpha value is -11.3. The molecule has 0 radical (unpaired) electrons. The zero-order chi connectivity index (χ0) is 95.1. The Bertz CT molecular complexity index is 6250. The summed E-state index contributed by atoms with van der Waals surface area (Å²) in [5.41, 5.74) is 12.9. The second kappa shape index (κ2) is 42.9. The largest absolute Gasteiger partial charge is 0.475 e. The van der Waals surface area contributed by atoms with Crippen LogP contribution >= 0.6 is 63.7 Å². The van der Waals surface area contributed by atoms with E-state index in [0.717, 1.165) is 113 Å². The molecule has 10 aromatic rings. The lowest BCUT2D eigenvalue weighted by Gasteiger charge is -2.38. The third kappa shape index (κ3) is 22.1. The van der Waals surface area contributed by atoms with Gasteiger partial charge in [0.2, 0.25) is 35.4 Å². The van der Waals surface area contributed by atoms with Crippen LogP contribution in [0.4, 0.5) is 0 Å². The van der Waals surface area contributed by atoms with Crippen molar-refractivity contribution in [3.63, 3.8) is 0 Å². The number of halogens is 4. The second-order valence-electron chi connectivity index (χ2n) is 35.6. The number of nitrogens with zero attached hydrogens (tertiary/aromatic N) is 13. The van der Waals surface area contributed by atoms with Gasteiger partial charge in [-0.2, -0.15) is 0 Å². The van der Waals surface area contributed by atoms with Crippen molar-refractivity contribution in [3.05, 3.63) is 229 Å². The van der Waals surface area contributed by atoms with Crippen LogP contribution in [0.3, 0.4) is 0 Å². The number of pyridine rings is 2. The van der Waals surface area contributed by atoms with E-state index in [0.29, 0.717) is 159 Å². The number of rotatable bonds is 26. The van der Waals surface area contributed by atoms with Crippen LogP contribution in [0, 0.1) is 51.4 Å². The summed E-state index contributed by atoms with van der Waals surface area (Å²) in [6.07, 6.45) is 10.8. The molecule has 6 fully saturated rings. The highest BCUT2D eigenvalue weighted by Crippen LogP contribution is 2.42. The van der Waals surface area contributed by atoms with Crippen molar-refractivity contribution >= 4 is 172 Å². The van der Waals surface area contributed by atoms with Gasteiger partial charge in [0.15, 0.2) is 17.3 Å². The zero-order valence-electron chi connectivity index (χ0n) is 76.3. The highest BCUT2D eigenvalue weighted by atomic mass is 79.9. The van der Waals surface area contributed by atoms with Crippen molar-refractivity contribution in [1.29, 1.82) is 0 Å². The molecule has 1 N–H and O–H groups in total. The first kappa shape index (κ1) is 97.7. The molecule has 8 amide bonds. The number of morpholine rings is 2. The molecule has 7 aliphatic heterocycles. The van der Waals surface area contributed by atoms with E-state index in [1.807, 2.05) is 161 Å². The van der Waals surface area contributed by atoms with Crippen molar-refractivity contribution in [3.8, 4) is 17.0 Å². The lowest BCUT2D eigenvalue weighted by Crippen LogP contribution is -2.61. The number of carbonyl (C=O) groups excluding carboxylic acids is 11. The fourth-order valence-electron chi connectivity index (χ4n) is 18.7. The standard InChI is InChI=1S/C26H26BrN5O3.C26H32BrN3O4.C26H28BrN3O3.C23H26BrN3O4/c1-3-24(34)31-13-19(14-31)29-23(33)15-32-16(2)25(20-11-18(27)6-7-22(20)32)26(35)30-10-8-21-17(12-30)5-4-9-28-21;1-5-24(32)29-12-18(13-29)10-20(31)14-30-17(4)25(21-11-19(27)6-7-22(21)30)26(33)28-8-9-34-23(15-28)16(2)3;1-5-24(32)29-13-18(14-29)11-20(31)15-30-17(4)25(22-12-19(27)8-9-23(22)30)21-7-6-10-28-26(21)33-16(2)3;1-3-21(29)26-12-16(13-26)10-18(28)14-27-15(2)22(19-11-17(24)4-5-20(19)27)23(30)25-6-8-31-9-7-25/h3-7,9,11,19H,1,8,10,12-15H2,2H3,(H,29,33);5-7,11,16,18,23H,1,8-10,12-15H2,2-4H3;5-10,12,16,18H,1,11,13-15H2,2-4H3;3-5,11,16H,1,6-10,12-14H2,2H3. The van der Waals surface area contributed by atoms with Crippen molar-refractivity contribution in [2.24, 2.45) is 23.7 Å². The Morgan fingerprint density at radius 1 is 0.451 bits per heavy atom. The number of hydrogen-bond acceptors (Lipinski definition) is 16. The van der Waals surface area contributed by atoms with Crippen LogP contribution in [0.15, 0.2) is 178 Å². The van der Waals surface area contributed by atoms with Gasteiger partial charge in [-0.1, -0.05) is 110 Å². The van der Waals surface area contributed by atoms with Crippen LogP contribution in [0.25, 0.3) is 54.7 Å². The Morgan fingerprint density at radius 3 is 1.29 bits per heavy atom. The highest BCUT2D eigenvalue weighted by Gasteiger charge is 2.39. The van der Waals surface area contributed by atoms with Crippen LogP contribution in [0.1, 0.15) is 112 Å². The topological polar surface area (TPSA) is 296 Å². The van der Waals surface area contributed by atoms with Gasteiger partial charge in [-0.25, -0.2) is 4.98 Å².